The van der Waals surface area contributed by atoms with Crippen LogP contribution in [0.15, 0.2) is 47.8 Å². The molecule has 1 aromatic heterocycles. The first-order valence-corrected chi connectivity index (χ1v) is 7.34. The van der Waals surface area contributed by atoms with Gasteiger partial charge in [-0.15, -0.1) is 11.3 Å². The maximum absolute atomic E-state index is 11.9. The minimum absolute atomic E-state index is 0.287. The Bertz CT molecular complexity index is 798. The van der Waals surface area contributed by atoms with E-state index in [1.54, 1.807) is 11.3 Å². The molecule has 0 atom stereocenters. The Morgan fingerprint density at radius 1 is 0.842 bits per heavy atom. The predicted octanol–water partition coefficient (Wildman–Crippen LogP) is 4.70. The van der Waals surface area contributed by atoms with Gasteiger partial charge in [0.05, 0.1) is 0 Å². The Morgan fingerprint density at radius 3 is 2.58 bits per heavy atom. The molecule has 2 heteroatoms. The second kappa shape index (κ2) is 4.04. The molecule has 0 fully saturated rings. The van der Waals surface area contributed by atoms with Crippen LogP contribution in [-0.4, -0.2) is 5.78 Å². The van der Waals surface area contributed by atoms with E-state index in [9.17, 15) is 4.79 Å². The van der Waals surface area contributed by atoms with E-state index in [4.69, 9.17) is 0 Å². The summed E-state index contributed by atoms with van der Waals surface area (Å²) >= 11 is 1.77. The van der Waals surface area contributed by atoms with Gasteiger partial charge in [-0.25, -0.2) is 0 Å². The lowest BCUT2D eigenvalue weighted by Gasteiger charge is -2.09. The summed E-state index contributed by atoms with van der Waals surface area (Å²) < 4.78 is 1.32. The molecule has 0 saturated carbocycles. The summed E-state index contributed by atoms with van der Waals surface area (Å²) in [6, 6.07) is 14.7. The highest BCUT2D eigenvalue weighted by molar-refractivity contribution is 7.17. The van der Waals surface area contributed by atoms with Crippen LogP contribution in [0.25, 0.3) is 21.2 Å². The van der Waals surface area contributed by atoms with Crippen molar-refractivity contribution in [3.05, 3.63) is 59.0 Å². The zero-order valence-corrected chi connectivity index (χ0v) is 11.2. The van der Waals surface area contributed by atoms with E-state index in [0.29, 0.717) is 6.42 Å². The van der Waals surface area contributed by atoms with Crippen LogP contribution in [-0.2, 0) is 6.42 Å². The van der Waals surface area contributed by atoms with E-state index in [1.807, 2.05) is 12.1 Å². The molecule has 0 saturated heterocycles. The van der Waals surface area contributed by atoms with Crippen molar-refractivity contribution >= 4 is 27.2 Å². The van der Waals surface area contributed by atoms with Crippen molar-refractivity contribution in [2.75, 3.05) is 0 Å². The predicted molar refractivity (Wildman–Crippen MR) is 79.9 cm³/mol. The fourth-order valence-electron chi connectivity index (χ4n) is 2.95. The van der Waals surface area contributed by atoms with Gasteiger partial charge in [0.1, 0.15) is 0 Å². The molecule has 1 aliphatic carbocycles. The minimum Gasteiger partial charge on any atom is -0.294 e. The van der Waals surface area contributed by atoms with Crippen LogP contribution in [0.4, 0.5) is 0 Å². The number of rotatable bonds is 1. The molecule has 3 aromatic rings. The summed E-state index contributed by atoms with van der Waals surface area (Å²) in [4.78, 5) is 11.9. The Kier molecular flexibility index (Phi) is 2.32. The molecule has 0 spiro atoms. The zero-order valence-electron chi connectivity index (χ0n) is 10.3. The van der Waals surface area contributed by atoms with Gasteiger partial charge in [0.25, 0.3) is 0 Å². The molecule has 0 radical (unpaired) electrons. The summed E-state index contributed by atoms with van der Waals surface area (Å²) in [5.74, 6) is 0.287. The lowest BCUT2D eigenvalue weighted by molar-refractivity contribution is 0.0994. The van der Waals surface area contributed by atoms with Crippen molar-refractivity contribution in [1.29, 1.82) is 0 Å². The number of thiophene rings is 1. The molecular formula is C17H12OS. The number of hydrogen-bond acceptors (Lipinski definition) is 2. The molecule has 92 valence electrons. The van der Waals surface area contributed by atoms with Crippen molar-refractivity contribution in [2.45, 2.75) is 12.8 Å². The molecule has 1 aliphatic rings. The Balaban J connectivity index is 2.04. The summed E-state index contributed by atoms with van der Waals surface area (Å²) in [6.45, 7) is 0. The summed E-state index contributed by atoms with van der Waals surface area (Å²) in [7, 11) is 0. The van der Waals surface area contributed by atoms with Gasteiger partial charge in [-0.05, 0) is 39.9 Å². The van der Waals surface area contributed by atoms with Crippen LogP contribution in [0.2, 0.25) is 0 Å². The van der Waals surface area contributed by atoms with Gasteiger partial charge in [0, 0.05) is 16.7 Å². The fraction of sp³-hybridized carbons (Fsp3) is 0.118. The van der Waals surface area contributed by atoms with Crippen molar-refractivity contribution in [2.24, 2.45) is 0 Å². The van der Waals surface area contributed by atoms with E-state index < -0.39 is 0 Å². The number of carbonyl (C=O) groups excluding carboxylic acids is 1. The van der Waals surface area contributed by atoms with Crippen LogP contribution in [0, 0.1) is 0 Å². The molecule has 0 amide bonds. The topological polar surface area (TPSA) is 17.1 Å². The van der Waals surface area contributed by atoms with Crippen LogP contribution in [0.1, 0.15) is 22.3 Å². The van der Waals surface area contributed by atoms with Crippen molar-refractivity contribution in [3.63, 3.8) is 0 Å². The number of benzene rings is 2. The molecule has 0 bridgehead atoms. The Hall–Kier alpha value is -1.93. The molecule has 0 unspecified atom stereocenters. The Morgan fingerprint density at radius 2 is 1.63 bits per heavy atom. The van der Waals surface area contributed by atoms with Crippen LogP contribution >= 0.6 is 11.3 Å². The maximum Gasteiger partial charge on any atom is 0.163 e. The fourth-order valence-corrected chi connectivity index (χ4v) is 3.88. The summed E-state index contributed by atoms with van der Waals surface area (Å²) in [5.41, 5.74) is 4.65. The highest BCUT2D eigenvalue weighted by Gasteiger charge is 2.22. The number of fused-ring (bicyclic) bond motifs is 2. The summed E-state index contributed by atoms with van der Waals surface area (Å²) in [5, 5.41) is 3.41. The molecule has 19 heavy (non-hydrogen) atoms. The molecule has 1 heterocycles. The first-order chi connectivity index (χ1) is 9.34. The molecule has 0 N–H and O–H groups in total. The third kappa shape index (κ3) is 1.57. The second-order valence-corrected chi connectivity index (χ2v) is 5.82. The number of ketones is 1. The third-order valence-electron chi connectivity index (χ3n) is 3.85. The summed E-state index contributed by atoms with van der Waals surface area (Å²) in [6.07, 6.45) is 1.54. The van der Waals surface area contributed by atoms with Crippen LogP contribution in [0.3, 0.4) is 0 Å². The van der Waals surface area contributed by atoms with Crippen molar-refractivity contribution in [3.8, 4) is 11.1 Å². The quantitative estimate of drug-likeness (QED) is 0.622. The average molecular weight is 264 g/mol. The van der Waals surface area contributed by atoms with E-state index >= 15 is 0 Å². The number of Topliss-reactive ketones (excluding diaryl/α,β-unsaturated/α-hetero) is 1. The maximum atomic E-state index is 11.9. The highest BCUT2D eigenvalue weighted by atomic mass is 32.1. The highest BCUT2D eigenvalue weighted by Crippen LogP contribution is 2.37. The zero-order chi connectivity index (χ0) is 12.8. The largest absolute Gasteiger partial charge is 0.294 e. The molecule has 1 nitrogen and oxygen atoms in total. The second-order valence-electron chi connectivity index (χ2n) is 4.90. The minimum atomic E-state index is 0.287. The molecular weight excluding hydrogens is 252 g/mol. The normalized spacial score (nSPS) is 14.0. The lowest BCUT2D eigenvalue weighted by atomic mass is 9.96. The van der Waals surface area contributed by atoms with Gasteiger partial charge in [-0.3, -0.25) is 4.79 Å². The van der Waals surface area contributed by atoms with Crippen molar-refractivity contribution in [1.82, 2.24) is 0 Å². The number of carbonyl (C=O) groups is 1. The third-order valence-corrected chi connectivity index (χ3v) is 4.81. The smallest absolute Gasteiger partial charge is 0.163 e. The molecule has 4 rings (SSSR count). The van der Waals surface area contributed by atoms with Crippen molar-refractivity contribution < 1.29 is 4.79 Å². The van der Waals surface area contributed by atoms with Gasteiger partial charge in [-0.2, -0.15) is 0 Å². The van der Waals surface area contributed by atoms with Gasteiger partial charge in [-0.1, -0.05) is 36.4 Å². The van der Waals surface area contributed by atoms with E-state index in [1.165, 1.54) is 26.8 Å². The first kappa shape index (κ1) is 10.9. The standard InChI is InChI=1S/C17H12OS/c18-16-8-7-13-12(4-2-5-14(13)16)15-6-1-3-11-9-10-19-17(11)15/h1-6,9-10H,7-8H2. The molecule has 0 aliphatic heterocycles. The van der Waals surface area contributed by atoms with E-state index in [2.05, 4.69) is 35.7 Å². The Labute approximate surface area is 115 Å². The average Bonchev–Trinajstić information content (AvgIpc) is 3.05. The van der Waals surface area contributed by atoms with Gasteiger partial charge in [0.2, 0.25) is 0 Å². The van der Waals surface area contributed by atoms with Gasteiger partial charge in [0.15, 0.2) is 5.78 Å². The van der Waals surface area contributed by atoms with E-state index in [0.717, 1.165) is 12.0 Å². The van der Waals surface area contributed by atoms with Crippen LogP contribution < -0.4 is 0 Å². The number of hydrogen-bond donors (Lipinski definition) is 0. The monoisotopic (exact) mass is 264 g/mol. The SMILES string of the molecule is O=C1CCc2c1cccc2-c1cccc2ccsc12. The lowest BCUT2D eigenvalue weighted by Crippen LogP contribution is -1.92. The van der Waals surface area contributed by atoms with E-state index in [-0.39, 0.29) is 5.78 Å². The van der Waals surface area contributed by atoms with Gasteiger partial charge >= 0.3 is 0 Å². The van der Waals surface area contributed by atoms with Crippen LogP contribution in [0.5, 0.6) is 0 Å². The van der Waals surface area contributed by atoms with Gasteiger partial charge < -0.3 is 0 Å². The molecule has 2 aromatic carbocycles. The first-order valence-electron chi connectivity index (χ1n) is 6.46.